The SMILES string of the molecule is C[C@H](c1ccccc1)n1cncc1C(=O)OC1(C(=O)Cl)CC1. The smallest absolute Gasteiger partial charge is 0.357 e. The zero-order valence-corrected chi connectivity index (χ0v) is 12.8. The fourth-order valence-corrected chi connectivity index (χ4v) is 2.57. The van der Waals surface area contributed by atoms with Gasteiger partial charge in [-0.15, -0.1) is 0 Å². The summed E-state index contributed by atoms with van der Waals surface area (Å²) in [7, 11) is 0. The van der Waals surface area contributed by atoms with Gasteiger partial charge in [0.2, 0.25) is 0 Å². The molecule has 1 fully saturated rings. The molecule has 0 unspecified atom stereocenters. The average molecular weight is 319 g/mol. The van der Waals surface area contributed by atoms with Gasteiger partial charge in [-0.05, 0) is 24.1 Å². The third-order valence-electron chi connectivity index (χ3n) is 3.92. The molecule has 0 aliphatic heterocycles. The molecule has 1 aromatic heterocycles. The maximum absolute atomic E-state index is 12.3. The van der Waals surface area contributed by atoms with Crippen molar-refractivity contribution in [2.24, 2.45) is 0 Å². The lowest BCUT2D eigenvalue weighted by Crippen LogP contribution is -2.27. The second-order valence-electron chi connectivity index (χ2n) is 5.43. The minimum absolute atomic E-state index is 0.0758. The maximum atomic E-state index is 12.3. The van der Waals surface area contributed by atoms with Crippen LogP contribution in [0.2, 0.25) is 0 Å². The molecule has 0 bridgehead atoms. The van der Waals surface area contributed by atoms with Gasteiger partial charge >= 0.3 is 5.97 Å². The van der Waals surface area contributed by atoms with Crippen molar-refractivity contribution in [1.82, 2.24) is 9.55 Å². The van der Waals surface area contributed by atoms with Gasteiger partial charge in [-0.3, -0.25) is 4.79 Å². The number of halogens is 1. The third-order valence-corrected chi connectivity index (χ3v) is 4.27. The highest BCUT2D eigenvalue weighted by atomic mass is 35.5. The number of nitrogens with zero attached hydrogens (tertiary/aromatic N) is 2. The van der Waals surface area contributed by atoms with Crippen LogP contribution in [-0.2, 0) is 9.53 Å². The van der Waals surface area contributed by atoms with Gasteiger partial charge in [-0.25, -0.2) is 9.78 Å². The van der Waals surface area contributed by atoms with Crippen LogP contribution in [-0.4, -0.2) is 26.4 Å². The standard InChI is InChI=1S/C16H15ClN2O3/c1-11(12-5-3-2-4-6-12)19-10-18-9-13(19)14(20)22-16(7-8-16)15(17)21/h2-6,9-11H,7-8H2,1H3/t11-/m1/s1. The summed E-state index contributed by atoms with van der Waals surface area (Å²) < 4.78 is 7.03. The van der Waals surface area contributed by atoms with E-state index in [0.717, 1.165) is 5.56 Å². The highest BCUT2D eigenvalue weighted by molar-refractivity contribution is 6.66. The molecular formula is C16H15ClN2O3. The first-order valence-electron chi connectivity index (χ1n) is 7.03. The Labute approximate surface area is 132 Å². The number of carbonyl (C=O) groups is 2. The first-order chi connectivity index (χ1) is 10.5. The molecule has 0 amide bonds. The molecular weight excluding hydrogens is 304 g/mol. The summed E-state index contributed by atoms with van der Waals surface area (Å²) >= 11 is 5.50. The molecule has 1 heterocycles. The van der Waals surface area contributed by atoms with Gasteiger partial charge in [-0.1, -0.05) is 30.3 Å². The van der Waals surface area contributed by atoms with Gasteiger partial charge in [0.1, 0.15) is 5.69 Å². The Morgan fingerprint density at radius 1 is 1.32 bits per heavy atom. The van der Waals surface area contributed by atoms with Crippen LogP contribution in [0.25, 0.3) is 0 Å². The summed E-state index contributed by atoms with van der Waals surface area (Å²) in [5.74, 6) is -0.577. The Morgan fingerprint density at radius 3 is 2.59 bits per heavy atom. The molecule has 1 atom stereocenters. The number of rotatable bonds is 5. The fourth-order valence-electron chi connectivity index (χ4n) is 2.35. The first-order valence-corrected chi connectivity index (χ1v) is 7.41. The van der Waals surface area contributed by atoms with Crippen LogP contribution in [0.3, 0.4) is 0 Å². The summed E-state index contributed by atoms with van der Waals surface area (Å²) in [4.78, 5) is 27.7. The molecule has 1 aliphatic carbocycles. The zero-order chi connectivity index (χ0) is 15.7. The lowest BCUT2D eigenvalue weighted by atomic mass is 10.1. The van der Waals surface area contributed by atoms with E-state index in [1.165, 1.54) is 6.20 Å². The second-order valence-corrected chi connectivity index (χ2v) is 5.77. The van der Waals surface area contributed by atoms with Gasteiger partial charge in [0, 0.05) is 12.8 Å². The molecule has 1 aliphatic rings. The first kappa shape index (κ1) is 14.8. The van der Waals surface area contributed by atoms with Crippen LogP contribution in [0.1, 0.15) is 41.9 Å². The van der Waals surface area contributed by atoms with Gasteiger partial charge < -0.3 is 9.30 Å². The minimum Gasteiger partial charge on any atom is -0.445 e. The highest BCUT2D eigenvalue weighted by Crippen LogP contribution is 2.42. The number of hydrogen-bond donors (Lipinski definition) is 0. The summed E-state index contributed by atoms with van der Waals surface area (Å²) in [6.45, 7) is 1.97. The van der Waals surface area contributed by atoms with Crippen molar-refractivity contribution in [3.8, 4) is 0 Å². The molecule has 0 saturated heterocycles. The van der Waals surface area contributed by atoms with E-state index in [0.29, 0.717) is 18.5 Å². The monoisotopic (exact) mass is 318 g/mol. The van der Waals surface area contributed by atoms with Crippen molar-refractivity contribution in [2.75, 3.05) is 0 Å². The Morgan fingerprint density at radius 2 is 2.00 bits per heavy atom. The zero-order valence-electron chi connectivity index (χ0n) is 12.0. The summed E-state index contributed by atoms with van der Waals surface area (Å²) in [5.41, 5.74) is 0.216. The number of aromatic nitrogens is 2. The Hall–Kier alpha value is -2.14. The number of imidazole rings is 1. The number of esters is 1. The van der Waals surface area contributed by atoms with E-state index in [9.17, 15) is 9.59 Å². The molecule has 1 saturated carbocycles. The van der Waals surface area contributed by atoms with E-state index in [2.05, 4.69) is 4.98 Å². The van der Waals surface area contributed by atoms with Crippen molar-refractivity contribution in [1.29, 1.82) is 0 Å². The van der Waals surface area contributed by atoms with Crippen molar-refractivity contribution in [3.05, 3.63) is 54.1 Å². The van der Waals surface area contributed by atoms with Gasteiger partial charge in [0.05, 0.1) is 18.6 Å². The Kier molecular flexibility index (Phi) is 3.74. The van der Waals surface area contributed by atoms with Crippen LogP contribution >= 0.6 is 11.6 Å². The molecule has 6 heteroatoms. The fraction of sp³-hybridized carbons (Fsp3) is 0.312. The molecule has 5 nitrogen and oxygen atoms in total. The van der Waals surface area contributed by atoms with E-state index < -0.39 is 16.8 Å². The van der Waals surface area contributed by atoms with Crippen LogP contribution in [0.5, 0.6) is 0 Å². The highest BCUT2D eigenvalue weighted by Gasteiger charge is 2.53. The number of ether oxygens (including phenoxy) is 1. The van der Waals surface area contributed by atoms with Crippen molar-refractivity contribution >= 4 is 22.8 Å². The van der Waals surface area contributed by atoms with Crippen LogP contribution in [0.15, 0.2) is 42.9 Å². The predicted octanol–water partition coefficient (Wildman–Crippen LogP) is 2.95. The van der Waals surface area contributed by atoms with Crippen LogP contribution in [0, 0.1) is 0 Å². The average Bonchev–Trinajstić information content (AvgIpc) is 3.14. The van der Waals surface area contributed by atoms with E-state index in [4.69, 9.17) is 16.3 Å². The molecule has 0 radical (unpaired) electrons. The molecule has 114 valence electrons. The lowest BCUT2D eigenvalue weighted by Gasteiger charge is -2.18. The summed E-state index contributed by atoms with van der Waals surface area (Å²) in [6.07, 6.45) is 3.97. The van der Waals surface area contributed by atoms with Gasteiger partial charge in [0.15, 0.2) is 5.60 Å². The molecule has 3 rings (SSSR count). The molecule has 0 spiro atoms. The Bertz CT molecular complexity index is 707. The van der Waals surface area contributed by atoms with E-state index in [1.54, 1.807) is 10.9 Å². The van der Waals surface area contributed by atoms with E-state index >= 15 is 0 Å². The van der Waals surface area contributed by atoms with Crippen molar-refractivity contribution in [3.63, 3.8) is 0 Å². The topological polar surface area (TPSA) is 61.2 Å². The van der Waals surface area contributed by atoms with Crippen molar-refractivity contribution < 1.29 is 14.3 Å². The molecule has 22 heavy (non-hydrogen) atoms. The van der Waals surface area contributed by atoms with Crippen LogP contribution < -0.4 is 0 Å². The second kappa shape index (κ2) is 5.57. The summed E-state index contributed by atoms with van der Waals surface area (Å²) in [5, 5.41) is -0.622. The molecule has 1 aromatic carbocycles. The van der Waals surface area contributed by atoms with Gasteiger partial charge in [0.25, 0.3) is 5.24 Å². The minimum atomic E-state index is -1.14. The van der Waals surface area contributed by atoms with Gasteiger partial charge in [-0.2, -0.15) is 0 Å². The number of benzene rings is 1. The summed E-state index contributed by atoms with van der Waals surface area (Å²) in [6, 6.07) is 9.68. The van der Waals surface area contributed by atoms with E-state index in [1.807, 2.05) is 37.3 Å². The molecule has 0 N–H and O–H groups in total. The number of carbonyl (C=O) groups excluding carboxylic acids is 2. The van der Waals surface area contributed by atoms with Crippen LogP contribution in [0.4, 0.5) is 0 Å². The van der Waals surface area contributed by atoms with E-state index in [-0.39, 0.29) is 6.04 Å². The quantitative estimate of drug-likeness (QED) is 0.628. The maximum Gasteiger partial charge on any atom is 0.357 e. The third kappa shape index (κ3) is 2.64. The molecule has 2 aromatic rings. The Balaban J connectivity index is 1.83. The predicted molar refractivity (Wildman–Crippen MR) is 80.7 cm³/mol. The normalized spacial score (nSPS) is 16.8. The van der Waals surface area contributed by atoms with Crippen molar-refractivity contribution in [2.45, 2.75) is 31.4 Å². The lowest BCUT2D eigenvalue weighted by molar-refractivity contribution is -0.121. The largest absolute Gasteiger partial charge is 0.445 e. The number of hydrogen-bond acceptors (Lipinski definition) is 4.